The van der Waals surface area contributed by atoms with Crippen molar-refractivity contribution in [2.45, 2.75) is 19.4 Å². The van der Waals surface area contributed by atoms with Gasteiger partial charge in [-0.1, -0.05) is 18.2 Å². The summed E-state index contributed by atoms with van der Waals surface area (Å²) in [5.41, 5.74) is 1.13. The molecule has 2 rings (SSSR count). The third-order valence-corrected chi connectivity index (χ3v) is 4.52. The van der Waals surface area contributed by atoms with E-state index in [0.717, 1.165) is 22.6 Å². The van der Waals surface area contributed by atoms with E-state index in [-0.39, 0.29) is 6.42 Å². The Morgan fingerprint density at radius 3 is 2.55 bits per heavy atom. The predicted octanol–water partition coefficient (Wildman–Crippen LogP) is 4.38. The first-order valence-corrected chi connectivity index (χ1v) is 8.02. The number of carboxylic acids is 1. The molecule has 20 heavy (non-hydrogen) atoms. The van der Waals surface area contributed by atoms with E-state index in [4.69, 9.17) is 5.11 Å². The molecule has 0 fully saturated rings. The first-order chi connectivity index (χ1) is 9.65. The van der Waals surface area contributed by atoms with Crippen molar-refractivity contribution >= 4 is 38.9 Å². The van der Waals surface area contributed by atoms with E-state index in [9.17, 15) is 4.79 Å². The van der Waals surface area contributed by atoms with E-state index in [1.54, 1.807) is 11.3 Å². The van der Waals surface area contributed by atoms with E-state index < -0.39 is 5.97 Å². The van der Waals surface area contributed by atoms with Crippen molar-refractivity contribution in [2.24, 2.45) is 0 Å². The average Bonchev–Trinajstić information content (AvgIpc) is 2.84. The van der Waals surface area contributed by atoms with Crippen molar-refractivity contribution < 1.29 is 9.90 Å². The van der Waals surface area contributed by atoms with Gasteiger partial charge in [0.25, 0.3) is 0 Å². The SMILES string of the molecule is O=C(O)CCCN(Cc1ccc(Br)s1)c1ccccc1. The second-order valence-corrected chi connectivity index (χ2v) is 7.01. The fourth-order valence-electron chi connectivity index (χ4n) is 1.98. The van der Waals surface area contributed by atoms with Crippen LogP contribution in [0.3, 0.4) is 0 Å². The number of para-hydroxylation sites is 1. The van der Waals surface area contributed by atoms with Crippen LogP contribution >= 0.6 is 27.3 Å². The third-order valence-electron chi connectivity index (χ3n) is 2.92. The summed E-state index contributed by atoms with van der Waals surface area (Å²) >= 11 is 5.18. The van der Waals surface area contributed by atoms with Crippen molar-refractivity contribution in [1.29, 1.82) is 0 Å². The van der Waals surface area contributed by atoms with Crippen LogP contribution < -0.4 is 4.90 Å². The van der Waals surface area contributed by atoms with Gasteiger partial charge in [0.2, 0.25) is 0 Å². The summed E-state index contributed by atoms with van der Waals surface area (Å²) in [6, 6.07) is 14.3. The molecule has 5 heteroatoms. The van der Waals surface area contributed by atoms with Crippen LogP contribution in [0.2, 0.25) is 0 Å². The Labute approximate surface area is 131 Å². The van der Waals surface area contributed by atoms with Gasteiger partial charge in [0.15, 0.2) is 0 Å². The molecule has 106 valence electrons. The number of thiophene rings is 1. The standard InChI is InChI=1S/C15H16BrNO2S/c16-14-9-8-13(20-14)11-17(10-4-7-15(18)19)12-5-2-1-3-6-12/h1-3,5-6,8-9H,4,7,10-11H2,(H,18,19). The number of aliphatic carboxylic acids is 1. The number of rotatable bonds is 7. The Kier molecular flexibility index (Phi) is 5.61. The van der Waals surface area contributed by atoms with Crippen LogP contribution in [0.25, 0.3) is 0 Å². The maximum absolute atomic E-state index is 10.7. The number of halogens is 1. The lowest BCUT2D eigenvalue weighted by atomic mass is 10.2. The molecule has 0 aliphatic carbocycles. The zero-order valence-electron chi connectivity index (χ0n) is 11.0. The molecule has 0 spiro atoms. The lowest BCUT2D eigenvalue weighted by molar-refractivity contribution is -0.137. The Morgan fingerprint density at radius 1 is 1.20 bits per heavy atom. The molecule has 0 aliphatic rings. The zero-order valence-corrected chi connectivity index (χ0v) is 13.4. The lowest BCUT2D eigenvalue weighted by Crippen LogP contribution is -2.23. The van der Waals surface area contributed by atoms with Crippen LogP contribution in [0.1, 0.15) is 17.7 Å². The average molecular weight is 354 g/mol. The molecule has 1 N–H and O–H groups in total. The van der Waals surface area contributed by atoms with Crippen LogP contribution in [0.4, 0.5) is 5.69 Å². The highest BCUT2D eigenvalue weighted by molar-refractivity contribution is 9.11. The molecule has 0 radical (unpaired) electrons. The molecule has 0 atom stereocenters. The molecule has 0 bridgehead atoms. The van der Waals surface area contributed by atoms with E-state index in [1.165, 1.54) is 4.88 Å². The fourth-order valence-corrected chi connectivity index (χ4v) is 3.48. The largest absolute Gasteiger partial charge is 0.481 e. The number of hydrogen-bond acceptors (Lipinski definition) is 3. The Morgan fingerprint density at radius 2 is 1.95 bits per heavy atom. The molecule has 0 unspecified atom stereocenters. The summed E-state index contributed by atoms with van der Waals surface area (Å²) in [7, 11) is 0. The van der Waals surface area contributed by atoms with E-state index in [0.29, 0.717) is 6.42 Å². The Bertz CT molecular complexity index is 556. The summed E-state index contributed by atoms with van der Waals surface area (Å²) in [5, 5.41) is 8.77. The highest BCUT2D eigenvalue weighted by Gasteiger charge is 2.09. The van der Waals surface area contributed by atoms with Gasteiger partial charge >= 0.3 is 5.97 Å². The van der Waals surface area contributed by atoms with Gasteiger partial charge in [0.1, 0.15) is 0 Å². The molecule has 2 aromatic rings. The van der Waals surface area contributed by atoms with Crippen LogP contribution in [0.5, 0.6) is 0 Å². The molecule has 1 aromatic carbocycles. The molecule has 0 aliphatic heterocycles. The molecule has 3 nitrogen and oxygen atoms in total. The van der Waals surface area contributed by atoms with Crippen LogP contribution in [-0.2, 0) is 11.3 Å². The van der Waals surface area contributed by atoms with Crippen LogP contribution in [0, 0.1) is 0 Å². The number of nitrogens with zero attached hydrogens (tertiary/aromatic N) is 1. The normalized spacial score (nSPS) is 10.4. The van der Waals surface area contributed by atoms with Gasteiger partial charge in [-0.15, -0.1) is 11.3 Å². The van der Waals surface area contributed by atoms with Gasteiger partial charge in [-0.25, -0.2) is 0 Å². The number of benzene rings is 1. The minimum atomic E-state index is -0.739. The zero-order chi connectivity index (χ0) is 14.4. The fraction of sp³-hybridized carbons (Fsp3) is 0.267. The second-order valence-electron chi connectivity index (χ2n) is 4.46. The highest BCUT2D eigenvalue weighted by atomic mass is 79.9. The van der Waals surface area contributed by atoms with Gasteiger partial charge < -0.3 is 10.0 Å². The molecule has 0 saturated heterocycles. The molecule has 0 saturated carbocycles. The quantitative estimate of drug-likeness (QED) is 0.802. The number of hydrogen-bond donors (Lipinski definition) is 1. The molecule has 1 heterocycles. The Hall–Kier alpha value is -1.33. The van der Waals surface area contributed by atoms with Crippen molar-refractivity contribution in [3.63, 3.8) is 0 Å². The lowest BCUT2D eigenvalue weighted by Gasteiger charge is -2.24. The summed E-state index contributed by atoms with van der Waals surface area (Å²) in [6.45, 7) is 1.55. The van der Waals surface area contributed by atoms with Crippen LogP contribution in [0.15, 0.2) is 46.3 Å². The number of anilines is 1. The summed E-state index contributed by atoms with van der Waals surface area (Å²) in [4.78, 5) is 14.1. The smallest absolute Gasteiger partial charge is 0.303 e. The number of carbonyl (C=O) groups is 1. The predicted molar refractivity (Wildman–Crippen MR) is 86.4 cm³/mol. The van der Waals surface area contributed by atoms with E-state index in [1.807, 2.05) is 24.3 Å². The summed E-state index contributed by atoms with van der Waals surface area (Å²) < 4.78 is 1.12. The van der Waals surface area contributed by atoms with E-state index >= 15 is 0 Å². The van der Waals surface area contributed by atoms with Gasteiger partial charge in [-0.2, -0.15) is 0 Å². The first kappa shape index (κ1) is 15.1. The first-order valence-electron chi connectivity index (χ1n) is 6.41. The van der Waals surface area contributed by atoms with Crippen molar-refractivity contribution in [3.8, 4) is 0 Å². The molecule has 1 aromatic heterocycles. The third kappa shape index (κ3) is 4.65. The minimum Gasteiger partial charge on any atom is -0.481 e. The van der Waals surface area contributed by atoms with Crippen molar-refractivity contribution in [2.75, 3.05) is 11.4 Å². The summed E-state index contributed by atoms with van der Waals surface area (Å²) in [6.07, 6.45) is 0.855. The monoisotopic (exact) mass is 353 g/mol. The number of carboxylic acid groups (broad SMARTS) is 1. The summed E-state index contributed by atoms with van der Waals surface area (Å²) in [5.74, 6) is -0.739. The maximum Gasteiger partial charge on any atom is 0.303 e. The molecule has 0 amide bonds. The Balaban J connectivity index is 2.05. The van der Waals surface area contributed by atoms with Crippen molar-refractivity contribution in [3.05, 3.63) is 51.1 Å². The second kappa shape index (κ2) is 7.45. The van der Waals surface area contributed by atoms with Gasteiger partial charge in [0, 0.05) is 23.5 Å². The molecular formula is C15H16BrNO2S. The van der Waals surface area contributed by atoms with Gasteiger partial charge in [-0.05, 0) is 46.6 Å². The van der Waals surface area contributed by atoms with Gasteiger partial charge in [-0.3, -0.25) is 4.79 Å². The maximum atomic E-state index is 10.7. The van der Waals surface area contributed by atoms with Gasteiger partial charge in [0.05, 0.1) is 10.3 Å². The van der Waals surface area contributed by atoms with Crippen LogP contribution in [-0.4, -0.2) is 17.6 Å². The van der Waals surface area contributed by atoms with Crippen molar-refractivity contribution in [1.82, 2.24) is 0 Å². The highest BCUT2D eigenvalue weighted by Crippen LogP contribution is 2.25. The topological polar surface area (TPSA) is 40.5 Å². The minimum absolute atomic E-state index is 0.206. The molecular weight excluding hydrogens is 338 g/mol. The van der Waals surface area contributed by atoms with E-state index in [2.05, 4.69) is 39.0 Å².